The first kappa shape index (κ1) is 27.2. The SMILES string of the molecule is O=C(N[C@@H](Cc1ccc(O)cc1)C(=O)N1CC[C@@H]2[C@H]1C(=O)CN2C(=O)c1csc2ccccc12)c1cccc(Br)c1. The Labute approximate surface area is 248 Å². The molecule has 41 heavy (non-hydrogen) atoms. The van der Waals surface area contributed by atoms with E-state index in [9.17, 15) is 24.3 Å². The van der Waals surface area contributed by atoms with Gasteiger partial charge >= 0.3 is 0 Å². The molecule has 0 spiro atoms. The van der Waals surface area contributed by atoms with E-state index >= 15 is 0 Å². The molecule has 8 nitrogen and oxygen atoms in total. The molecule has 2 fully saturated rings. The molecule has 0 aliphatic carbocycles. The second-order valence-electron chi connectivity index (χ2n) is 10.3. The minimum absolute atomic E-state index is 0.0604. The molecule has 2 saturated heterocycles. The number of nitrogens with one attached hydrogen (secondary N) is 1. The minimum atomic E-state index is -0.955. The van der Waals surface area contributed by atoms with Crippen molar-refractivity contribution in [2.24, 2.45) is 0 Å². The Morgan fingerprint density at radius 2 is 1.80 bits per heavy atom. The van der Waals surface area contributed by atoms with Gasteiger partial charge in [-0.05, 0) is 48.4 Å². The number of thiophene rings is 1. The largest absolute Gasteiger partial charge is 0.508 e. The zero-order valence-electron chi connectivity index (χ0n) is 21.8. The number of halogens is 1. The summed E-state index contributed by atoms with van der Waals surface area (Å²) in [5.41, 5.74) is 1.69. The first-order valence-corrected chi connectivity index (χ1v) is 14.9. The first-order chi connectivity index (χ1) is 19.8. The van der Waals surface area contributed by atoms with Crippen LogP contribution in [0.2, 0.25) is 0 Å². The maximum Gasteiger partial charge on any atom is 0.256 e. The van der Waals surface area contributed by atoms with Gasteiger partial charge in [0.2, 0.25) is 5.91 Å². The number of phenols is 1. The van der Waals surface area contributed by atoms with E-state index in [4.69, 9.17) is 0 Å². The van der Waals surface area contributed by atoms with E-state index in [0.717, 1.165) is 20.1 Å². The molecule has 0 radical (unpaired) electrons. The van der Waals surface area contributed by atoms with Crippen LogP contribution in [0, 0.1) is 0 Å². The molecule has 3 heterocycles. The van der Waals surface area contributed by atoms with E-state index in [0.29, 0.717) is 24.1 Å². The second kappa shape index (κ2) is 11.1. The van der Waals surface area contributed by atoms with Crippen molar-refractivity contribution in [2.75, 3.05) is 13.1 Å². The zero-order chi connectivity index (χ0) is 28.7. The van der Waals surface area contributed by atoms with Crippen molar-refractivity contribution in [3.63, 3.8) is 0 Å². The summed E-state index contributed by atoms with van der Waals surface area (Å²) in [6.45, 7) is 0.238. The highest BCUT2D eigenvalue weighted by Gasteiger charge is 2.52. The van der Waals surface area contributed by atoms with Crippen LogP contribution >= 0.6 is 27.3 Å². The summed E-state index contributed by atoms with van der Waals surface area (Å²) in [6, 6.07) is 18.8. The van der Waals surface area contributed by atoms with Crippen LogP contribution in [0.1, 0.15) is 32.7 Å². The van der Waals surface area contributed by atoms with E-state index in [-0.39, 0.29) is 36.3 Å². The third-order valence-electron chi connectivity index (χ3n) is 7.74. The fourth-order valence-corrected chi connectivity index (χ4v) is 7.11. The van der Waals surface area contributed by atoms with Gasteiger partial charge in [0.15, 0.2) is 5.78 Å². The van der Waals surface area contributed by atoms with Crippen molar-refractivity contribution in [1.29, 1.82) is 0 Å². The Balaban J connectivity index is 1.25. The molecule has 3 amide bonds. The van der Waals surface area contributed by atoms with Crippen LogP contribution in [0.5, 0.6) is 5.75 Å². The third-order valence-corrected chi connectivity index (χ3v) is 9.20. The molecule has 2 N–H and O–H groups in total. The van der Waals surface area contributed by atoms with E-state index < -0.39 is 24.0 Å². The van der Waals surface area contributed by atoms with Crippen molar-refractivity contribution in [2.45, 2.75) is 31.0 Å². The Morgan fingerprint density at radius 1 is 1.02 bits per heavy atom. The predicted octanol–water partition coefficient (Wildman–Crippen LogP) is 4.41. The maximum atomic E-state index is 14.0. The van der Waals surface area contributed by atoms with Crippen molar-refractivity contribution in [3.8, 4) is 5.75 Å². The number of nitrogens with zero attached hydrogens (tertiary/aromatic N) is 2. The number of carbonyl (C=O) groups is 4. The molecule has 10 heteroatoms. The standard InChI is InChI=1S/C31H26BrN3O5S/c32-20-5-3-4-19(15-20)29(38)33-24(14-18-8-10-21(36)11-9-18)31(40)34-13-12-25-28(34)26(37)16-35(25)30(39)23-17-41-27-7-2-1-6-22(23)27/h1-11,15,17,24-25,28,36H,12-14,16H2,(H,33,38)/t24-,25+,28-/m0/s1. The number of Topliss-reactive ketones (excluding diaryl/α,β-unsaturated/α-hetero) is 1. The quantitative estimate of drug-likeness (QED) is 0.328. The minimum Gasteiger partial charge on any atom is -0.508 e. The number of ketones is 1. The van der Waals surface area contributed by atoms with Gasteiger partial charge in [-0.25, -0.2) is 0 Å². The lowest BCUT2D eigenvalue weighted by Crippen LogP contribution is -2.53. The van der Waals surface area contributed by atoms with E-state index in [1.54, 1.807) is 41.3 Å². The second-order valence-corrected chi connectivity index (χ2v) is 12.1. The number of benzene rings is 3. The van der Waals surface area contributed by atoms with Gasteiger partial charge in [-0.2, -0.15) is 0 Å². The monoisotopic (exact) mass is 631 g/mol. The lowest BCUT2D eigenvalue weighted by atomic mass is 10.0. The lowest BCUT2D eigenvalue weighted by Gasteiger charge is -2.28. The molecule has 2 aliphatic rings. The van der Waals surface area contributed by atoms with Gasteiger partial charge in [-0.3, -0.25) is 19.2 Å². The number of aromatic hydroxyl groups is 1. The van der Waals surface area contributed by atoms with Crippen LogP contribution in [0.25, 0.3) is 10.1 Å². The van der Waals surface area contributed by atoms with Crippen molar-refractivity contribution < 1.29 is 24.3 Å². The Hall–Kier alpha value is -4.02. The molecule has 0 bridgehead atoms. The topological polar surface area (TPSA) is 107 Å². The van der Waals surface area contributed by atoms with Gasteiger partial charge in [-0.15, -0.1) is 11.3 Å². The van der Waals surface area contributed by atoms with Crippen molar-refractivity contribution in [3.05, 3.63) is 99.3 Å². The molecule has 2 aliphatic heterocycles. The van der Waals surface area contributed by atoms with Gasteiger partial charge in [-0.1, -0.05) is 52.3 Å². The summed E-state index contributed by atoms with van der Waals surface area (Å²) in [5, 5.41) is 15.3. The van der Waals surface area contributed by atoms with Crippen LogP contribution in [-0.4, -0.2) is 69.6 Å². The van der Waals surface area contributed by atoms with Crippen molar-refractivity contribution >= 4 is 60.9 Å². The highest BCUT2D eigenvalue weighted by Crippen LogP contribution is 2.34. The molecule has 208 valence electrons. The summed E-state index contributed by atoms with van der Waals surface area (Å²) in [7, 11) is 0. The number of likely N-dealkylation sites (tertiary alicyclic amines) is 2. The normalized spacial score (nSPS) is 18.9. The van der Waals surface area contributed by atoms with Crippen LogP contribution in [0.4, 0.5) is 0 Å². The molecule has 0 saturated carbocycles. The van der Waals surface area contributed by atoms with Gasteiger partial charge in [0.05, 0.1) is 18.2 Å². The molecular formula is C31H26BrN3O5S. The number of hydrogen-bond acceptors (Lipinski definition) is 6. The number of phenolic OH excluding ortho intramolecular Hbond substituents is 1. The van der Waals surface area contributed by atoms with Gasteiger partial charge < -0.3 is 20.2 Å². The molecule has 3 aromatic carbocycles. The van der Waals surface area contributed by atoms with Crippen LogP contribution < -0.4 is 5.32 Å². The summed E-state index contributed by atoms with van der Waals surface area (Å²) in [6.07, 6.45) is 0.645. The van der Waals surface area contributed by atoms with Crippen molar-refractivity contribution in [1.82, 2.24) is 15.1 Å². The molecule has 3 atom stereocenters. The number of fused-ring (bicyclic) bond motifs is 2. The highest BCUT2D eigenvalue weighted by molar-refractivity contribution is 9.10. The van der Waals surface area contributed by atoms with Crippen LogP contribution in [-0.2, 0) is 16.0 Å². The summed E-state index contributed by atoms with van der Waals surface area (Å²) in [4.78, 5) is 57.3. The fourth-order valence-electron chi connectivity index (χ4n) is 5.78. The summed E-state index contributed by atoms with van der Waals surface area (Å²) in [5.74, 6) is -1.09. The highest BCUT2D eigenvalue weighted by atomic mass is 79.9. The number of amides is 3. The fraction of sp³-hybridized carbons (Fsp3) is 0.226. The number of carbonyl (C=O) groups excluding carboxylic acids is 4. The number of hydrogen-bond donors (Lipinski definition) is 2. The average Bonchev–Trinajstić information content (AvgIpc) is 3.68. The molecule has 0 unspecified atom stereocenters. The maximum absolute atomic E-state index is 14.0. The predicted molar refractivity (Wildman–Crippen MR) is 159 cm³/mol. The van der Waals surface area contributed by atoms with Gasteiger partial charge in [0.25, 0.3) is 11.8 Å². The van der Waals surface area contributed by atoms with E-state index in [1.165, 1.54) is 28.4 Å². The van der Waals surface area contributed by atoms with Gasteiger partial charge in [0, 0.05) is 38.5 Å². The lowest BCUT2D eigenvalue weighted by molar-refractivity contribution is -0.138. The summed E-state index contributed by atoms with van der Waals surface area (Å²) >= 11 is 4.86. The van der Waals surface area contributed by atoms with E-state index in [1.807, 2.05) is 29.6 Å². The summed E-state index contributed by atoms with van der Waals surface area (Å²) < 4.78 is 1.73. The Morgan fingerprint density at radius 3 is 2.59 bits per heavy atom. The van der Waals surface area contributed by atoms with Gasteiger partial charge in [0.1, 0.15) is 17.8 Å². The Bertz CT molecular complexity index is 1670. The zero-order valence-corrected chi connectivity index (χ0v) is 24.2. The molecule has 6 rings (SSSR count). The van der Waals surface area contributed by atoms with E-state index in [2.05, 4.69) is 21.2 Å². The molecular weight excluding hydrogens is 606 g/mol. The number of rotatable bonds is 6. The third kappa shape index (κ3) is 5.25. The average molecular weight is 633 g/mol. The van der Waals surface area contributed by atoms with Crippen LogP contribution in [0.15, 0.2) is 82.6 Å². The molecule has 4 aromatic rings. The molecule has 1 aromatic heterocycles. The first-order valence-electron chi connectivity index (χ1n) is 13.2. The van der Waals surface area contributed by atoms with Crippen LogP contribution in [0.3, 0.4) is 0 Å². The Kier molecular flexibility index (Phi) is 7.35. The smallest absolute Gasteiger partial charge is 0.256 e.